The fraction of sp³-hybridized carbons (Fsp3) is 0.278. The molecule has 1 saturated carbocycles. The number of aromatic nitrogens is 1. The van der Waals surface area contributed by atoms with E-state index in [4.69, 9.17) is 17.3 Å². The van der Waals surface area contributed by atoms with Gasteiger partial charge in [0.1, 0.15) is 11.5 Å². The SMILES string of the molecule is C[C@]1(c2cc(NC(=O)c3ccc(Cl)cn3)ccc2F)N=C(N)S[C@@H]2[C@H]1C2(F)F. The zero-order valence-electron chi connectivity index (χ0n) is 14.4. The van der Waals surface area contributed by atoms with Crippen molar-refractivity contribution in [1.29, 1.82) is 0 Å². The molecule has 3 atom stereocenters. The molecule has 28 heavy (non-hydrogen) atoms. The lowest BCUT2D eigenvalue weighted by Gasteiger charge is -2.29. The number of nitrogens with zero attached hydrogens (tertiary/aromatic N) is 2. The molecule has 2 heterocycles. The van der Waals surface area contributed by atoms with E-state index in [-0.39, 0.29) is 22.1 Å². The van der Waals surface area contributed by atoms with E-state index in [0.717, 1.165) is 17.8 Å². The second kappa shape index (κ2) is 6.38. The topological polar surface area (TPSA) is 80.4 Å². The number of rotatable bonds is 3. The van der Waals surface area contributed by atoms with Crippen LogP contribution in [0.1, 0.15) is 23.0 Å². The van der Waals surface area contributed by atoms with E-state index in [1.54, 1.807) is 0 Å². The maximum atomic E-state index is 14.6. The Bertz CT molecular complexity index is 1000. The number of nitrogens with one attached hydrogen (secondary N) is 1. The van der Waals surface area contributed by atoms with Crippen LogP contribution >= 0.6 is 23.4 Å². The summed E-state index contributed by atoms with van der Waals surface area (Å²) >= 11 is 6.55. The molecule has 4 rings (SSSR count). The third kappa shape index (κ3) is 3.02. The smallest absolute Gasteiger partial charge is 0.274 e. The van der Waals surface area contributed by atoms with Gasteiger partial charge in [0, 0.05) is 17.4 Å². The molecule has 1 aromatic carbocycles. The molecule has 2 aliphatic rings. The number of aliphatic imine (C=N–C) groups is 1. The molecule has 1 aliphatic carbocycles. The molecule has 2 aromatic rings. The molecule has 0 spiro atoms. The lowest BCUT2D eigenvalue weighted by Crippen LogP contribution is -2.32. The van der Waals surface area contributed by atoms with Crippen LogP contribution in [0.4, 0.5) is 18.9 Å². The molecule has 0 unspecified atom stereocenters. The van der Waals surface area contributed by atoms with E-state index in [1.165, 1.54) is 37.4 Å². The lowest BCUT2D eigenvalue weighted by atomic mass is 9.86. The van der Waals surface area contributed by atoms with Crippen LogP contribution in [0.5, 0.6) is 0 Å². The predicted octanol–water partition coefficient (Wildman–Crippen LogP) is 4.04. The second-order valence-electron chi connectivity index (χ2n) is 6.80. The average Bonchev–Trinajstić information content (AvgIpc) is 3.18. The molecule has 1 aromatic heterocycles. The fourth-order valence-corrected chi connectivity index (χ4v) is 4.92. The standard InChI is InChI=1S/C18H14ClF3N4OS/c1-17(13-14(18(13,21)22)28-16(23)26-17)10-6-9(3-4-11(10)20)25-15(27)12-5-2-8(19)7-24-12/h2-7,13-14H,1H3,(H2,23,26)(H,25,27)/t13-,14-,17-/m1/s1. The highest BCUT2D eigenvalue weighted by Crippen LogP contribution is 2.66. The monoisotopic (exact) mass is 426 g/mol. The van der Waals surface area contributed by atoms with E-state index in [2.05, 4.69) is 15.3 Å². The van der Waals surface area contributed by atoms with Crippen LogP contribution < -0.4 is 11.1 Å². The highest BCUT2D eigenvalue weighted by Gasteiger charge is 2.77. The van der Waals surface area contributed by atoms with Gasteiger partial charge in [0.05, 0.1) is 21.7 Å². The van der Waals surface area contributed by atoms with Crippen molar-refractivity contribution in [3.63, 3.8) is 0 Å². The molecule has 146 valence electrons. The first-order valence-electron chi connectivity index (χ1n) is 8.25. The Morgan fingerprint density at radius 1 is 1.32 bits per heavy atom. The van der Waals surface area contributed by atoms with Crippen molar-refractivity contribution in [3.8, 4) is 0 Å². The number of carbonyl (C=O) groups excluding carboxylic acids is 1. The van der Waals surface area contributed by atoms with Gasteiger partial charge >= 0.3 is 0 Å². The van der Waals surface area contributed by atoms with Crippen molar-refractivity contribution in [2.45, 2.75) is 23.6 Å². The lowest BCUT2D eigenvalue weighted by molar-refractivity contribution is 0.0819. The van der Waals surface area contributed by atoms with Gasteiger partial charge in [-0.3, -0.25) is 9.79 Å². The Balaban J connectivity index is 1.67. The van der Waals surface area contributed by atoms with Crippen LogP contribution in [-0.2, 0) is 5.54 Å². The number of halogens is 4. The average molecular weight is 427 g/mol. The number of amides is 1. The first-order chi connectivity index (χ1) is 13.1. The highest BCUT2D eigenvalue weighted by molar-refractivity contribution is 8.14. The van der Waals surface area contributed by atoms with Crippen LogP contribution in [0.15, 0.2) is 41.5 Å². The normalized spacial score (nSPS) is 27.5. The van der Waals surface area contributed by atoms with Crippen molar-refractivity contribution in [1.82, 2.24) is 4.98 Å². The third-order valence-corrected chi connectivity index (χ3v) is 6.31. The number of pyridine rings is 1. The molecule has 10 heteroatoms. The Hall–Kier alpha value is -2.26. The third-order valence-electron chi connectivity index (χ3n) is 4.91. The minimum Gasteiger partial charge on any atom is -0.379 e. The minimum atomic E-state index is -3.00. The number of nitrogens with two attached hydrogens (primary N) is 1. The summed E-state index contributed by atoms with van der Waals surface area (Å²) in [6.07, 6.45) is 1.32. The molecule has 1 aliphatic heterocycles. The van der Waals surface area contributed by atoms with Gasteiger partial charge < -0.3 is 11.1 Å². The molecule has 3 N–H and O–H groups in total. The van der Waals surface area contributed by atoms with Crippen LogP contribution in [0.3, 0.4) is 0 Å². The number of anilines is 1. The number of amidine groups is 1. The summed E-state index contributed by atoms with van der Waals surface area (Å²) in [5, 5.41) is 1.90. The van der Waals surface area contributed by atoms with Crippen LogP contribution in [-0.4, -0.2) is 27.2 Å². The summed E-state index contributed by atoms with van der Waals surface area (Å²) < 4.78 is 43.0. The zero-order chi connectivity index (χ0) is 20.3. The van der Waals surface area contributed by atoms with E-state index < -0.39 is 34.4 Å². The van der Waals surface area contributed by atoms with Gasteiger partial charge in [0.15, 0.2) is 5.17 Å². The number of hydrogen-bond acceptors (Lipinski definition) is 5. The van der Waals surface area contributed by atoms with Crippen LogP contribution in [0, 0.1) is 11.7 Å². The molecule has 0 saturated heterocycles. The van der Waals surface area contributed by atoms with E-state index >= 15 is 0 Å². The van der Waals surface area contributed by atoms with Gasteiger partial charge in [-0.15, -0.1) is 0 Å². The van der Waals surface area contributed by atoms with E-state index in [9.17, 15) is 18.0 Å². The van der Waals surface area contributed by atoms with Crippen molar-refractivity contribution in [3.05, 3.63) is 58.6 Å². The van der Waals surface area contributed by atoms with Gasteiger partial charge in [-0.05, 0) is 37.3 Å². The quantitative estimate of drug-likeness (QED) is 0.776. The molecule has 1 fully saturated rings. The first kappa shape index (κ1) is 19.1. The number of carbonyl (C=O) groups is 1. The molecule has 1 amide bonds. The number of benzene rings is 1. The van der Waals surface area contributed by atoms with Gasteiger partial charge in [-0.25, -0.2) is 18.2 Å². The van der Waals surface area contributed by atoms with Crippen molar-refractivity contribution in [2.24, 2.45) is 16.6 Å². The van der Waals surface area contributed by atoms with Crippen LogP contribution in [0.2, 0.25) is 5.02 Å². The Morgan fingerprint density at radius 3 is 2.75 bits per heavy atom. The molecular formula is C18H14ClF3N4OS. The van der Waals surface area contributed by atoms with E-state index in [0.29, 0.717) is 5.02 Å². The van der Waals surface area contributed by atoms with Gasteiger partial charge in [0.25, 0.3) is 11.8 Å². The Kier molecular flexibility index (Phi) is 4.35. The summed E-state index contributed by atoms with van der Waals surface area (Å²) in [6, 6.07) is 6.69. The summed E-state index contributed by atoms with van der Waals surface area (Å²) in [6.45, 7) is 1.43. The molecule has 0 bridgehead atoms. The van der Waals surface area contributed by atoms with Gasteiger partial charge in [-0.2, -0.15) is 0 Å². The van der Waals surface area contributed by atoms with Gasteiger partial charge in [0.2, 0.25) is 0 Å². The van der Waals surface area contributed by atoms with Crippen molar-refractivity contribution >= 4 is 40.1 Å². The van der Waals surface area contributed by atoms with Gasteiger partial charge in [-0.1, -0.05) is 23.4 Å². The maximum absolute atomic E-state index is 14.6. The van der Waals surface area contributed by atoms with Crippen LogP contribution in [0.25, 0.3) is 0 Å². The summed E-state index contributed by atoms with van der Waals surface area (Å²) in [4.78, 5) is 20.4. The summed E-state index contributed by atoms with van der Waals surface area (Å²) in [5.41, 5.74) is 4.46. The second-order valence-corrected chi connectivity index (χ2v) is 8.40. The Morgan fingerprint density at radius 2 is 2.07 bits per heavy atom. The number of thioether (sulfide) groups is 1. The van der Waals surface area contributed by atoms with E-state index in [1.807, 2.05) is 0 Å². The fourth-order valence-electron chi connectivity index (χ4n) is 3.49. The zero-order valence-corrected chi connectivity index (χ0v) is 16.0. The summed E-state index contributed by atoms with van der Waals surface area (Å²) in [7, 11) is 0. The Labute approximate surface area is 167 Å². The number of alkyl halides is 2. The molecule has 5 nitrogen and oxygen atoms in total. The maximum Gasteiger partial charge on any atom is 0.274 e. The number of fused-ring (bicyclic) bond motifs is 1. The van der Waals surface area contributed by atoms with Crippen molar-refractivity contribution < 1.29 is 18.0 Å². The predicted molar refractivity (Wildman–Crippen MR) is 102 cm³/mol. The number of hydrogen-bond donors (Lipinski definition) is 2. The first-order valence-corrected chi connectivity index (χ1v) is 9.51. The highest BCUT2D eigenvalue weighted by atomic mass is 35.5. The molecule has 0 radical (unpaired) electrons. The summed E-state index contributed by atoms with van der Waals surface area (Å²) in [5.74, 6) is -5.41. The largest absolute Gasteiger partial charge is 0.379 e. The van der Waals surface area contributed by atoms with Crippen molar-refractivity contribution in [2.75, 3.05) is 5.32 Å². The molecular weight excluding hydrogens is 413 g/mol. The minimum absolute atomic E-state index is 0.0138.